The van der Waals surface area contributed by atoms with Gasteiger partial charge in [0.1, 0.15) is 6.61 Å². The first-order chi connectivity index (χ1) is 17.2. The molecule has 3 N–H and O–H groups in total. The molecule has 3 aromatic carbocycles. The van der Waals surface area contributed by atoms with Gasteiger partial charge in [-0.15, -0.1) is 0 Å². The minimum atomic E-state index is -1.74. The lowest BCUT2D eigenvalue weighted by molar-refractivity contribution is -0.139. The van der Waals surface area contributed by atoms with Gasteiger partial charge in [0.15, 0.2) is 23.0 Å². The number of phenolic OH excluding ortho intramolecular Hbond substituents is 2. The van der Waals surface area contributed by atoms with E-state index in [1.165, 1.54) is 62.8 Å². The van der Waals surface area contributed by atoms with Crippen molar-refractivity contribution in [3.05, 3.63) is 94.8 Å². The predicted octanol–water partition coefficient (Wildman–Crippen LogP) is 4.69. The van der Waals surface area contributed by atoms with E-state index in [0.717, 1.165) is 0 Å². The van der Waals surface area contributed by atoms with Gasteiger partial charge in [-0.3, -0.25) is 0 Å². The fourth-order valence-corrected chi connectivity index (χ4v) is 3.29. The highest BCUT2D eigenvalue weighted by molar-refractivity contribution is 5.99. The van der Waals surface area contributed by atoms with Crippen molar-refractivity contribution in [3.63, 3.8) is 0 Å². The molecule has 3 aromatic rings. The van der Waals surface area contributed by atoms with Crippen LogP contribution in [0.5, 0.6) is 23.0 Å². The van der Waals surface area contributed by atoms with Gasteiger partial charge in [-0.25, -0.2) is 9.59 Å². The van der Waals surface area contributed by atoms with Crippen molar-refractivity contribution in [2.45, 2.75) is 6.61 Å². The fraction of sp³-hybridized carbons (Fsp3) is 0.111. The molecule has 0 saturated carbocycles. The molecule has 0 aliphatic heterocycles. The summed E-state index contributed by atoms with van der Waals surface area (Å²) in [5, 5.41) is 28.7. The van der Waals surface area contributed by atoms with Crippen molar-refractivity contribution in [1.82, 2.24) is 0 Å². The Morgan fingerprint density at radius 3 is 2.06 bits per heavy atom. The standard InChI is InChI=1S/C27H23FO8/c1-34-22-13-16(5-10-20(22)29)6-12-24(31)36-15-17-3-7-18(8-4-17)25(26(28)27(32)33)19-9-11-21(30)23(14-19)35-2/h3-14,29-30H,15H2,1-2H3,(H,32,33)/b12-6+,26-25+. The number of aromatic hydroxyl groups is 2. The molecule has 0 amide bonds. The zero-order valence-corrected chi connectivity index (χ0v) is 19.4. The van der Waals surface area contributed by atoms with Crippen LogP contribution >= 0.6 is 0 Å². The first-order valence-electron chi connectivity index (χ1n) is 10.5. The Morgan fingerprint density at radius 1 is 0.861 bits per heavy atom. The van der Waals surface area contributed by atoms with Crippen LogP contribution < -0.4 is 9.47 Å². The van der Waals surface area contributed by atoms with E-state index in [4.69, 9.17) is 14.2 Å². The van der Waals surface area contributed by atoms with Crippen molar-refractivity contribution >= 4 is 23.6 Å². The van der Waals surface area contributed by atoms with Crippen LogP contribution in [0.3, 0.4) is 0 Å². The summed E-state index contributed by atoms with van der Waals surface area (Å²) in [5.74, 6) is -3.60. The lowest BCUT2D eigenvalue weighted by Gasteiger charge is -2.12. The minimum absolute atomic E-state index is 0.0218. The molecule has 3 rings (SSSR count). The summed E-state index contributed by atoms with van der Waals surface area (Å²) in [6.07, 6.45) is 2.73. The number of phenols is 2. The number of hydrogen-bond donors (Lipinski definition) is 3. The summed E-state index contributed by atoms with van der Waals surface area (Å²) in [4.78, 5) is 23.5. The molecule has 9 heteroatoms. The maximum Gasteiger partial charge on any atom is 0.365 e. The highest BCUT2D eigenvalue weighted by Crippen LogP contribution is 2.34. The third-order valence-electron chi connectivity index (χ3n) is 5.12. The maximum absolute atomic E-state index is 14.6. The lowest BCUT2D eigenvalue weighted by Crippen LogP contribution is -2.03. The van der Waals surface area contributed by atoms with Gasteiger partial charge >= 0.3 is 11.9 Å². The molecule has 8 nitrogen and oxygen atoms in total. The monoisotopic (exact) mass is 494 g/mol. The normalized spacial score (nSPS) is 11.6. The Kier molecular flexibility index (Phi) is 8.30. The van der Waals surface area contributed by atoms with Gasteiger partial charge in [0.25, 0.3) is 0 Å². The van der Waals surface area contributed by atoms with Gasteiger partial charge in [0, 0.05) is 11.6 Å². The SMILES string of the molecule is COc1cc(/C=C/C(=O)OCc2ccc(/C(=C(\F)C(=O)O)c3ccc(O)c(OC)c3)cc2)ccc1O. The smallest absolute Gasteiger partial charge is 0.365 e. The Balaban J connectivity index is 1.74. The second kappa shape index (κ2) is 11.6. The number of halogens is 1. The van der Waals surface area contributed by atoms with E-state index in [0.29, 0.717) is 11.1 Å². The van der Waals surface area contributed by atoms with Crippen LogP contribution in [0.15, 0.2) is 72.6 Å². The van der Waals surface area contributed by atoms with E-state index in [9.17, 15) is 29.3 Å². The summed E-state index contributed by atoms with van der Waals surface area (Å²) in [5.41, 5.74) is 1.47. The highest BCUT2D eigenvalue weighted by Gasteiger charge is 2.19. The molecule has 0 heterocycles. The molecule has 0 saturated heterocycles. The summed E-state index contributed by atoms with van der Waals surface area (Å²) in [7, 11) is 2.74. The van der Waals surface area contributed by atoms with E-state index >= 15 is 0 Å². The van der Waals surface area contributed by atoms with E-state index in [1.807, 2.05) is 0 Å². The Labute approximate surface area is 206 Å². The maximum atomic E-state index is 14.6. The lowest BCUT2D eigenvalue weighted by atomic mass is 9.95. The number of carbonyl (C=O) groups excluding carboxylic acids is 1. The van der Waals surface area contributed by atoms with E-state index < -0.39 is 17.8 Å². The van der Waals surface area contributed by atoms with Crippen molar-refractivity contribution in [2.75, 3.05) is 14.2 Å². The number of carbonyl (C=O) groups is 2. The highest BCUT2D eigenvalue weighted by atomic mass is 19.1. The number of benzene rings is 3. The zero-order valence-electron chi connectivity index (χ0n) is 19.4. The van der Waals surface area contributed by atoms with E-state index in [1.54, 1.807) is 24.3 Å². The number of aliphatic carboxylic acids is 1. The molecule has 186 valence electrons. The van der Waals surface area contributed by atoms with Crippen LogP contribution in [-0.2, 0) is 20.9 Å². The number of hydrogen-bond acceptors (Lipinski definition) is 7. The van der Waals surface area contributed by atoms with Crippen LogP contribution in [0, 0.1) is 0 Å². The summed E-state index contributed by atoms with van der Waals surface area (Å²) in [6, 6.07) is 14.7. The molecule has 36 heavy (non-hydrogen) atoms. The Hall–Kier alpha value is -4.79. The molecule has 0 aliphatic carbocycles. The molecule has 0 bridgehead atoms. The first kappa shape index (κ1) is 25.8. The quantitative estimate of drug-likeness (QED) is 0.289. The van der Waals surface area contributed by atoms with Gasteiger partial charge in [-0.2, -0.15) is 4.39 Å². The molecule has 0 fully saturated rings. The van der Waals surface area contributed by atoms with Gasteiger partial charge in [0.05, 0.1) is 14.2 Å². The average Bonchev–Trinajstić information content (AvgIpc) is 2.88. The second-order valence-electron chi connectivity index (χ2n) is 7.45. The summed E-state index contributed by atoms with van der Waals surface area (Å²) < 4.78 is 29.9. The second-order valence-corrected chi connectivity index (χ2v) is 7.45. The summed E-state index contributed by atoms with van der Waals surface area (Å²) in [6.45, 7) is -0.0736. The molecular weight excluding hydrogens is 471 g/mol. The van der Waals surface area contributed by atoms with E-state index in [-0.39, 0.29) is 46.3 Å². The number of esters is 1. The Morgan fingerprint density at radius 2 is 1.44 bits per heavy atom. The molecule has 0 atom stereocenters. The van der Waals surface area contributed by atoms with Gasteiger partial charge in [0.2, 0.25) is 5.83 Å². The largest absolute Gasteiger partial charge is 0.504 e. The van der Waals surface area contributed by atoms with Crippen LogP contribution in [0.1, 0.15) is 22.3 Å². The minimum Gasteiger partial charge on any atom is -0.504 e. The topological polar surface area (TPSA) is 123 Å². The van der Waals surface area contributed by atoms with Gasteiger partial charge in [-0.05, 0) is 52.6 Å². The third kappa shape index (κ3) is 6.20. The first-order valence-corrected chi connectivity index (χ1v) is 10.5. The van der Waals surface area contributed by atoms with Crippen molar-refractivity contribution < 1.29 is 43.5 Å². The van der Waals surface area contributed by atoms with Gasteiger partial charge in [-0.1, -0.05) is 36.4 Å². The number of carboxylic acids is 1. The molecule has 0 radical (unpaired) electrons. The molecule has 0 aliphatic rings. The molecule has 0 unspecified atom stereocenters. The van der Waals surface area contributed by atoms with E-state index in [2.05, 4.69) is 0 Å². The number of carboxylic acid groups (broad SMARTS) is 1. The van der Waals surface area contributed by atoms with Crippen molar-refractivity contribution in [3.8, 4) is 23.0 Å². The zero-order chi connectivity index (χ0) is 26.2. The number of ether oxygens (including phenoxy) is 3. The number of methoxy groups -OCH3 is 2. The molecule has 0 spiro atoms. The van der Waals surface area contributed by atoms with Crippen LogP contribution in [0.25, 0.3) is 11.6 Å². The van der Waals surface area contributed by atoms with Crippen LogP contribution in [0.4, 0.5) is 4.39 Å². The van der Waals surface area contributed by atoms with Crippen molar-refractivity contribution in [1.29, 1.82) is 0 Å². The fourth-order valence-electron chi connectivity index (χ4n) is 3.29. The van der Waals surface area contributed by atoms with Crippen LogP contribution in [-0.4, -0.2) is 41.5 Å². The van der Waals surface area contributed by atoms with Crippen molar-refractivity contribution in [2.24, 2.45) is 0 Å². The molecular formula is C27H23FO8. The van der Waals surface area contributed by atoms with Crippen LogP contribution in [0.2, 0.25) is 0 Å². The number of rotatable bonds is 9. The van der Waals surface area contributed by atoms with Gasteiger partial charge < -0.3 is 29.5 Å². The molecule has 0 aromatic heterocycles. The Bertz CT molecular complexity index is 1330. The summed E-state index contributed by atoms with van der Waals surface area (Å²) >= 11 is 0. The average molecular weight is 494 g/mol. The predicted molar refractivity (Wildman–Crippen MR) is 129 cm³/mol. The third-order valence-corrected chi connectivity index (χ3v) is 5.12.